The average molecular weight is 465 g/mol. The first-order chi connectivity index (χ1) is 15.6. The van der Waals surface area contributed by atoms with Crippen LogP contribution in [0.4, 0.5) is 0 Å². The molecule has 0 saturated carbocycles. The Morgan fingerprint density at radius 1 is 0.879 bits per heavy atom. The molecule has 3 aromatic carbocycles. The second-order valence-electron chi connectivity index (χ2n) is 8.69. The molecule has 0 radical (unpaired) electrons. The van der Waals surface area contributed by atoms with Gasteiger partial charge < -0.3 is 5.32 Å². The van der Waals surface area contributed by atoms with E-state index in [2.05, 4.69) is 5.32 Å². The van der Waals surface area contributed by atoms with Gasteiger partial charge in [-0.15, -0.1) is 0 Å². The molecule has 5 nitrogen and oxygen atoms in total. The lowest BCUT2D eigenvalue weighted by molar-refractivity contribution is -0.122. The second kappa shape index (κ2) is 10.3. The Hall–Kier alpha value is -2.96. The predicted molar refractivity (Wildman–Crippen MR) is 132 cm³/mol. The minimum atomic E-state index is -3.91. The summed E-state index contributed by atoms with van der Waals surface area (Å²) in [6, 6.07) is 20.8. The van der Waals surface area contributed by atoms with Crippen molar-refractivity contribution in [3.63, 3.8) is 0 Å². The number of carbonyl (C=O) groups is 1. The van der Waals surface area contributed by atoms with E-state index in [0.29, 0.717) is 11.1 Å². The van der Waals surface area contributed by atoms with E-state index in [0.717, 1.165) is 22.3 Å². The van der Waals surface area contributed by atoms with Crippen LogP contribution < -0.4 is 5.32 Å². The summed E-state index contributed by atoms with van der Waals surface area (Å²) in [5.41, 5.74) is 5.25. The maximum absolute atomic E-state index is 13.8. The molecule has 0 unspecified atom stereocenters. The number of amides is 1. The van der Waals surface area contributed by atoms with Crippen LogP contribution in [0.25, 0.3) is 0 Å². The third kappa shape index (κ3) is 6.09. The maximum atomic E-state index is 13.8. The molecule has 3 rings (SSSR count). The van der Waals surface area contributed by atoms with Gasteiger partial charge in [0, 0.05) is 6.54 Å². The maximum Gasteiger partial charge on any atom is 0.244 e. The van der Waals surface area contributed by atoms with Gasteiger partial charge in [0.15, 0.2) is 0 Å². The zero-order valence-corrected chi connectivity index (χ0v) is 20.7. The molecule has 0 aliphatic rings. The third-order valence-corrected chi connectivity index (χ3v) is 7.78. The molecular weight excluding hydrogens is 432 g/mol. The fourth-order valence-corrected chi connectivity index (χ4v) is 5.89. The summed E-state index contributed by atoms with van der Waals surface area (Å²) in [6.45, 7) is 9.26. The van der Waals surface area contributed by atoms with Crippen molar-refractivity contribution in [2.45, 2.75) is 52.1 Å². The second-order valence-corrected chi connectivity index (χ2v) is 10.6. The Bertz CT molecular complexity index is 1200. The van der Waals surface area contributed by atoms with Crippen molar-refractivity contribution < 1.29 is 13.2 Å². The van der Waals surface area contributed by atoms with Crippen molar-refractivity contribution in [2.24, 2.45) is 0 Å². The lowest BCUT2D eigenvalue weighted by Gasteiger charge is -2.25. The van der Waals surface area contributed by atoms with Crippen LogP contribution in [-0.2, 0) is 21.4 Å². The van der Waals surface area contributed by atoms with E-state index in [9.17, 15) is 13.2 Å². The molecule has 174 valence electrons. The predicted octanol–water partition coefficient (Wildman–Crippen LogP) is 4.99. The van der Waals surface area contributed by atoms with Crippen molar-refractivity contribution in [1.82, 2.24) is 9.62 Å². The number of rotatable bonds is 8. The van der Waals surface area contributed by atoms with Gasteiger partial charge in [0.2, 0.25) is 15.9 Å². The van der Waals surface area contributed by atoms with Crippen molar-refractivity contribution in [1.29, 1.82) is 0 Å². The SMILES string of the molecule is Cc1ccc(CN(CC(=O)N[C@@H](C)c2ccccc2)S(=O)(=O)c2c(C)cc(C)cc2C)cc1. The Balaban J connectivity index is 1.92. The summed E-state index contributed by atoms with van der Waals surface area (Å²) in [5.74, 6) is -0.343. The van der Waals surface area contributed by atoms with Gasteiger partial charge in [-0.1, -0.05) is 77.9 Å². The van der Waals surface area contributed by atoms with Gasteiger partial charge in [-0.2, -0.15) is 4.31 Å². The highest BCUT2D eigenvalue weighted by Crippen LogP contribution is 2.26. The number of benzene rings is 3. The van der Waals surface area contributed by atoms with Crippen molar-refractivity contribution in [3.05, 3.63) is 100 Å². The van der Waals surface area contributed by atoms with Crippen LogP contribution in [-0.4, -0.2) is 25.2 Å². The molecule has 6 heteroatoms. The first-order valence-corrected chi connectivity index (χ1v) is 12.5. The van der Waals surface area contributed by atoms with E-state index in [-0.39, 0.29) is 29.9 Å². The Labute approximate surface area is 197 Å². The van der Waals surface area contributed by atoms with Crippen molar-refractivity contribution >= 4 is 15.9 Å². The molecular formula is C27H32N2O3S. The summed E-state index contributed by atoms with van der Waals surface area (Å²) in [4.78, 5) is 13.2. The summed E-state index contributed by atoms with van der Waals surface area (Å²) >= 11 is 0. The van der Waals surface area contributed by atoms with Gasteiger partial charge in [-0.25, -0.2) is 8.42 Å². The van der Waals surface area contributed by atoms with Gasteiger partial charge in [-0.05, 0) is 56.9 Å². The molecule has 0 saturated heterocycles. The molecule has 0 aliphatic carbocycles. The Morgan fingerprint density at radius 2 is 1.45 bits per heavy atom. The van der Waals surface area contributed by atoms with Crippen LogP contribution in [0.15, 0.2) is 71.6 Å². The molecule has 0 spiro atoms. The topological polar surface area (TPSA) is 66.5 Å². The summed E-state index contributed by atoms with van der Waals surface area (Å²) in [5, 5.41) is 2.94. The number of nitrogens with one attached hydrogen (secondary N) is 1. The minimum absolute atomic E-state index is 0.114. The van der Waals surface area contributed by atoms with Gasteiger partial charge in [0.05, 0.1) is 17.5 Å². The first-order valence-electron chi connectivity index (χ1n) is 11.1. The fourth-order valence-electron chi connectivity index (χ4n) is 4.10. The fraction of sp³-hybridized carbons (Fsp3) is 0.296. The number of sulfonamides is 1. The smallest absolute Gasteiger partial charge is 0.244 e. The largest absolute Gasteiger partial charge is 0.348 e. The van der Waals surface area contributed by atoms with Gasteiger partial charge in [0.25, 0.3) is 0 Å². The van der Waals surface area contributed by atoms with Gasteiger partial charge in [0.1, 0.15) is 0 Å². The molecule has 1 N–H and O–H groups in total. The van der Waals surface area contributed by atoms with Crippen LogP contribution in [0.2, 0.25) is 0 Å². The normalized spacial score (nSPS) is 12.5. The number of nitrogens with zero attached hydrogens (tertiary/aromatic N) is 1. The minimum Gasteiger partial charge on any atom is -0.348 e. The zero-order valence-electron chi connectivity index (χ0n) is 19.9. The number of hydrogen-bond acceptors (Lipinski definition) is 3. The summed E-state index contributed by atoms with van der Waals surface area (Å²) in [7, 11) is -3.91. The highest BCUT2D eigenvalue weighted by molar-refractivity contribution is 7.89. The van der Waals surface area contributed by atoms with Crippen LogP contribution in [0.5, 0.6) is 0 Å². The molecule has 0 aliphatic heterocycles. The van der Waals surface area contributed by atoms with Crippen molar-refractivity contribution in [2.75, 3.05) is 6.54 Å². The Morgan fingerprint density at radius 3 is 2.03 bits per heavy atom. The van der Waals surface area contributed by atoms with Gasteiger partial charge >= 0.3 is 0 Å². The molecule has 0 fully saturated rings. The van der Waals surface area contributed by atoms with Crippen LogP contribution in [0.3, 0.4) is 0 Å². The highest BCUT2D eigenvalue weighted by Gasteiger charge is 2.30. The van der Waals surface area contributed by atoms with E-state index >= 15 is 0 Å². The van der Waals surface area contributed by atoms with Crippen LogP contribution in [0, 0.1) is 27.7 Å². The average Bonchev–Trinajstić information content (AvgIpc) is 2.74. The van der Waals surface area contributed by atoms with E-state index in [1.165, 1.54) is 4.31 Å². The lowest BCUT2D eigenvalue weighted by Crippen LogP contribution is -2.41. The molecule has 1 amide bonds. The molecule has 0 bridgehead atoms. The van der Waals surface area contributed by atoms with E-state index < -0.39 is 10.0 Å². The standard InChI is InChI=1S/C27H32N2O3S/c1-19-11-13-24(14-12-19)17-29(18-26(30)28-23(5)25-9-7-6-8-10-25)33(31,32)27-21(3)15-20(2)16-22(27)4/h6-16,23H,17-18H2,1-5H3,(H,28,30)/t23-/m0/s1. The molecule has 0 aromatic heterocycles. The van der Waals surface area contributed by atoms with E-state index in [1.807, 2.05) is 87.5 Å². The summed E-state index contributed by atoms with van der Waals surface area (Å²) < 4.78 is 28.9. The molecule has 3 aromatic rings. The van der Waals surface area contributed by atoms with E-state index in [1.54, 1.807) is 13.8 Å². The molecule has 0 heterocycles. The van der Waals surface area contributed by atoms with Crippen LogP contribution >= 0.6 is 0 Å². The quantitative estimate of drug-likeness (QED) is 0.511. The summed E-state index contributed by atoms with van der Waals surface area (Å²) in [6.07, 6.45) is 0. The first kappa shape index (κ1) is 24.7. The number of carbonyl (C=O) groups excluding carboxylic acids is 1. The van der Waals surface area contributed by atoms with Crippen molar-refractivity contribution in [3.8, 4) is 0 Å². The van der Waals surface area contributed by atoms with Gasteiger partial charge in [-0.3, -0.25) is 4.79 Å². The lowest BCUT2D eigenvalue weighted by atomic mass is 10.1. The Kier molecular flexibility index (Phi) is 7.72. The van der Waals surface area contributed by atoms with E-state index in [4.69, 9.17) is 0 Å². The number of aryl methyl sites for hydroxylation is 4. The van der Waals surface area contributed by atoms with Crippen LogP contribution in [0.1, 0.15) is 46.3 Å². The molecule has 1 atom stereocenters. The highest BCUT2D eigenvalue weighted by atomic mass is 32.2. The molecule has 33 heavy (non-hydrogen) atoms. The zero-order chi connectivity index (χ0) is 24.2. The third-order valence-electron chi connectivity index (χ3n) is 5.68. The monoisotopic (exact) mass is 464 g/mol. The number of hydrogen-bond donors (Lipinski definition) is 1.